The molecule has 3 rings (SSSR count). The normalized spacial score (nSPS) is 16.4. The van der Waals surface area contributed by atoms with Crippen molar-refractivity contribution in [2.24, 2.45) is 15.3 Å². The molecule has 1 radical (unpaired) electrons. The third-order valence-corrected chi connectivity index (χ3v) is 5.03. The van der Waals surface area contributed by atoms with Gasteiger partial charge in [0.2, 0.25) is 5.75 Å². The second kappa shape index (κ2) is 9.20. The monoisotopic (exact) mass is 456 g/mol. The summed E-state index contributed by atoms with van der Waals surface area (Å²) >= 11 is 0. The summed E-state index contributed by atoms with van der Waals surface area (Å²) in [5, 5.41) is 33.8. The van der Waals surface area contributed by atoms with Crippen molar-refractivity contribution in [3.63, 3.8) is 0 Å². The molecular weight excluding hydrogens is 441 g/mol. The van der Waals surface area contributed by atoms with Crippen LogP contribution in [0.25, 0.3) is 0 Å². The first-order chi connectivity index (χ1) is 14.0. The molecule has 1 amide bonds. The summed E-state index contributed by atoms with van der Waals surface area (Å²) < 4.78 is 31.3. The fourth-order valence-electron chi connectivity index (χ4n) is 2.71. The van der Waals surface area contributed by atoms with Crippen LogP contribution in [0.2, 0.25) is 0 Å². The molecule has 0 aliphatic carbocycles. The van der Waals surface area contributed by atoms with Crippen LogP contribution >= 0.6 is 0 Å². The number of amides is 1. The molecule has 14 heteroatoms. The number of nitrogens with zero attached hydrogens (tertiary/aromatic N) is 5. The molecule has 1 aliphatic rings. The molecule has 2 aromatic rings. The Balaban J connectivity index is 0.00000341. The molecule has 0 saturated carbocycles. The number of rotatable bonds is 5. The predicted molar refractivity (Wildman–Crippen MR) is 110 cm³/mol. The van der Waals surface area contributed by atoms with Crippen LogP contribution in [0.5, 0.6) is 5.75 Å². The number of aromatic hydroxyl groups is 1. The standard InChI is InChI=1S/C17H15N5O7S.Na/c1-9-7-13(16(23)14(8-9)22(25)26)18-19-15-10(2)20-21(17(15)24)11-3-5-12(6-4-11)30(27,28)29;/h3-8,15,23H,1-2H3,(H,27,28,29);. The maximum atomic E-state index is 12.7. The van der Waals surface area contributed by atoms with Gasteiger partial charge in [0.1, 0.15) is 5.69 Å². The second-order valence-electron chi connectivity index (χ2n) is 6.39. The molecule has 1 heterocycles. The van der Waals surface area contributed by atoms with Crippen molar-refractivity contribution in [2.75, 3.05) is 5.01 Å². The first kappa shape index (κ1) is 24.6. The smallest absolute Gasteiger partial charge is 0.313 e. The number of nitro benzene ring substituents is 1. The van der Waals surface area contributed by atoms with Crippen LogP contribution in [-0.4, -0.2) is 70.2 Å². The first-order valence-electron chi connectivity index (χ1n) is 8.34. The van der Waals surface area contributed by atoms with Gasteiger partial charge >= 0.3 is 5.69 Å². The number of phenolic OH excluding ortho intramolecular Hbond substituents is 1. The zero-order valence-electron chi connectivity index (χ0n) is 16.6. The van der Waals surface area contributed by atoms with Crippen molar-refractivity contribution in [2.45, 2.75) is 24.8 Å². The molecule has 1 atom stereocenters. The Kier molecular flexibility index (Phi) is 7.28. The van der Waals surface area contributed by atoms with Gasteiger partial charge in [0.25, 0.3) is 16.0 Å². The maximum absolute atomic E-state index is 12.7. The first-order valence-corrected chi connectivity index (χ1v) is 9.78. The number of phenols is 1. The summed E-state index contributed by atoms with van der Waals surface area (Å²) in [5.41, 5.74) is 0.269. The van der Waals surface area contributed by atoms with Crippen molar-refractivity contribution >= 4 is 68.4 Å². The minimum Gasteiger partial charge on any atom is -0.501 e. The largest absolute Gasteiger partial charge is 0.501 e. The Bertz CT molecular complexity index is 1210. The summed E-state index contributed by atoms with van der Waals surface area (Å²) in [6, 6.07) is 6.22. The number of nitro groups is 1. The van der Waals surface area contributed by atoms with E-state index in [0.29, 0.717) is 5.56 Å². The summed E-state index contributed by atoms with van der Waals surface area (Å²) in [7, 11) is -4.38. The molecule has 1 aliphatic heterocycles. The van der Waals surface area contributed by atoms with Crippen LogP contribution in [0.15, 0.2) is 56.6 Å². The molecule has 1 unspecified atom stereocenters. The third kappa shape index (κ3) is 5.14. The molecule has 2 N–H and O–H groups in total. The summed E-state index contributed by atoms with van der Waals surface area (Å²) in [5.74, 6) is -1.27. The van der Waals surface area contributed by atoms with Gasteiger partial charge in [-0.05, 0) is 49.7 Å². The molecule has 0 fully saturated rings. The number of azo groups is 1. The Morgan fingerprint density at radius 2 is 1.81 bits per heavy atom. The molecule has 0 bridgehead atoms. The Morgan fingerprint density at radius 3 is 2.35 bits per heavy atom. The Labute approximate surface area is 198 Å². The molecule has 0 saturated heterocycles. The zero-order valence-corrected chi connectivity index (χ0v) is 19.4. The number of carbonyl (C=O) groups is 1. The SMILES string of the molecule is CC1=NN(c2ccc(S(=O)(=O)O)cc2)C(=O)C1N=Nc1cc(C)cc([N+](=O)[O-])c1O.[Na]. The topological polar surface area (TPSA) is 175 Å². The van der Waals surface area contributed by atoms with E-state index in [4.69, 9.17) is 4.55 Å². The number of benzene rings is 2. The van der Waals surface area contributed by atoms with Gasteiger partial charge in [0, 0.05) is 35.6 Å². The van der Waals surface area contributed by atoms with Gasteiger partial charge in [0.15, 0.2) is 6.04 Å². The minimum absolute atomic E-state index is 0. The van der Waals surface area contributed by atoms with Gasteiger partial charge in [0.05, 0.1) is 21.2 Å². The van der Waals surface area contributed by atoms with E-state index in [0.717, 1.165) is 17.1 Å². The van der Waals surface area contributed by atoms with Crippen LogP contribution in [-0.2, 0) is 14.9 Å². The van der Waals surface area contributed by atoms with Crippen LogP contribution in [0.3, 0.4) is 0 Å². The van der Waals surface area contributed by atoms with Crippen LogP contribution in [0, 0.1) is 17.0 Å². The van der Waals surface area contributed by atoms with Crippen molar-refractivity contribution < 1.29 is 27.8 Å². The minimum atomic E-state index is -4.38. The van der Waals surface area contributed by atoms with Crippen molar-refractivity contribution in [1.82, 2.24) is 0 Å². The van der Waals surface area contributed by atoms with E-state index >= 15 is 0 Å². The van der Waals surface area contributed by atoms with Crippen LogP contribution < -0.4 is 5.01 Å². The van der Waals surface area contributed by atoms with Crippen LogP contribution in [0.4, 0.5) is 17.1 Å². The number of carbonyl (C=O) groups excluding carboxylic acids is 1. The fraction of sp³-hybridized carbons (Fsp3) is 0.176. The van der Waals surface area contributed by atoms with Gasteiger partial charge in [-0.1, -0.05) is 0 Å². The number of anilines is 1. The van der Waals surface area contributed by atoms with Gasteiger partial charge in [-0.3, -0.25) is 19.5 Å². The third-order valence-electron chi connectivity index (χ3n) is 4.17. The Morgan fingerprint density at radius 1 is 1.19 bits per heavy atom. The van der Waals surface area contributed by atoms with E-state index in [1.54, 1.807) is 6.92 Å². The average molecular weight is 456 g/mol. The number of hydrogen-bond donors (Lipinski definition) is 2. The van der Waals surface area contributed by atoms with Gasteiger partial charge in [-0.15, -0.1) is 0 Å². The van der Waals surface area contributed by atoms with Gasteiger partial charge in [-0.25, -0.2) is 0 Å². The maximum Gasteiger partial charge on any atom is 0.313 e. The molecule has 157 valence electrons. The van der Waals surface area contributed by atoms with Crippen molar-refractivity contribution in [3.8, 4) is 5.75 Å². The molecular formula is C17H15N5NaO7S. The molecule has 0 spiro atoms. The number of hydrogen-bond acceptors (Lipinski definition) is 9. The van der Waals surface area contributed by atoms with E-state index in [2.05, 4.69) is 15.3 Å². The van der Waals surface area contributed by atoms with Gasteiger partial charge in [-0.2, -0.15) is 28.8 Å². The van der Waals surface area contributed by atoms with Crippen molar-refractivity contribution in [3.05, 3.63) is 52.1 Å². The summed E-state index contributed by atoms with van der Waals surface area (Å²) in [6.45, 7) is 3.10. The second-order valence-corrected chi connectivity index (χ2v) is 7.81. The molecule has 2 aromatic carbocycles. The summed E-state index contributed by atoms with van der Waals surface area (Å²) in [4.78, 5) is 22.6. The fourth-order valence-corrected chi connectivity index (χ4v) is 3.19. The average Bonchev–Trinajstić information content (AvgIpc) is 2.95. The van der Waals surface area contributed by atoms with E-state index < -0.39 is 38.4 Å². The zero-order chi connectivity index (χ0) is 22.2. The van der Waals surface area contributed by atoms with Crippen molar-refractivity contribution in [1.29, 1.82) is 0 Å². The number of aryl methyl sites for hydroxylation is 1. The Hall–Kier alpha value is -2.71. The van der Waals surface area contributed by atoms with E-state index in [9.17, 15) is 28.4 Å². The molecule has 31 heavy (non-hydrogen) atoms. The predicted octanol–water partition coefficient (Wildman–Crippen LogP) is 2.35. The van der Waals surface area contributed by atoms with Gasteiger partial charge < -0.3 is 5.11 Å². The quantitative estimate of drug-likeness (QED) is 0.228. The molecule has 0 aromatic heterocycles. The molecule has 12 nitrogen and oxygen atoms in total. The van der Waals surface area contributed by atoms with E-state index in [1.165, 1.54) is 31.2 Å². The number of hydrazone groups is 1. The van der Waals surface area contributed by atoms with E-state index in [1.807, 2.05) is 0 Å². The van der Waals surface area contributed by atoms with E-state index in [-0.39, 0.29) is 51.5 Å². The van der Waals surface area contributed by atoms with Crippen LogP contribution in [0.1, 0.15) is 12.5 Å². The summed E-state index contributed by atoms with van der Waals surface area (Å²) in [6.07, 6.45) is 0.